The van der Waals surface area contributed by atoms with E-state index in [2.05, 4.69) is 32.9 Å². The van der Waals surface area contributed by atoms with E-state index in [9.17, 15) is 4.39 Å². The molecule has 0 atom stereocenters. The van der Waals surface area contributed by atoms with E-state index in [-0.39, 0.29) is 5.56 Å². The Morgan fingerprint density at radius 1 is 1.00 bits per heavy atom. The zero-order valence-corrected chi connectivity index (χ0v) is 17.0. The molecule has 0 amide bonds. The Labute approximate surface area is 163 Å². The minimum absolute atomic E-state index is 0.0967. The van der Waals surface area contributed by atoms with Gasteiger partial charge in [0.2, 0.25) is 0 Å². The fraction of sp³-hybridized carbons (Fsp3) is 0.333. The molecule has 1 saturated carbocycles. The number of thiophene rings is 1. The maximum atomic E-state index is 15.2. The van der Waals surface area contributed by atoms with Gasteiger partial charge in [-0.3, -0.25) is 0 Å². The van der Waals surface area contributed by atoms with Gasteiger partial charge in [0.25, 0.3) is 0 Å². The van der Waals surface area contributed by atoms with Gasteiger partial charge >= 0.3 is 0 Å². The Morgan fingerprint density at radius 3 is 2.33 bits per heavy atom. The average Bonchev–Trinajstić information content (AvgIpc) is 3.34. The number of aryl methyl sites for hydroxylation is 1. The quantitative estimate of drug-likeness (QED) is 0.429. The van der Waals surface area contributed by atoms with E-state index in [1.807, 2.05) is 18.2 Å². The van der Waals surface area contributed by atoms with Crippen LogP contribution in [0.2, 0.25) is 0 Å². The summed E-state index contributed by atoms with van der Waals surface area (Å²) in [4.78, 5) is 1.79. The second-order valence-corrected chi connectivity index (χ2v) is 9.04. The van der Waals surface area contributed by atoms with Crippen molar-refractivity contribution >= 4 is 11.3 Å². The van der Waals surface area contributed by atoms with E-state index in [1.54, 1.807) is 6.92 Å². The zero-order valence-electron chi connectivity index (χ0n) is 16.2. The molecule has 0 N–H and O–H groups in total. The Kier molecular flexibility index (Phi) is 4.67. The van der Waals surface area contributed by atoms with Gasteiger partial charge in [-0.1, -0.05) is 32.0 Å². The molecule has 1 aliphatic rings. The summed E-state index contributed by atoms with van der Waals surface area (Å²) in [6, 6.07) is 11.5. The highest BCUT2D eigenvalue weighted by Crippen LogP contribution is 2.43. The maximum Gasteiger partial charge on any atom is 0.138 e. The number of benzene rings is 2. The summed E-state index contributed by atoms with van der Waals surface area (Å²) in [5.41, 5.74) is 4.70. The largest absolute Gasteiger partial charge is 0.206 e. The molecular weight excluding hydrogens is 358 g/mol. The summed E-state index contributed by atoms with van der Waals surface area (Å²) < 4.78 is 30.1. The molecule has 0 saturated heterocycles. The molecule has 140 valence electrons. The molecule has 0 spiro atoms. The summed E-state index contributed by atoms with van der Waals surface area (Å²) in [7, 11) is 0. The van der Waals surface area contributed by atoms with E-state index in [0.29, 0.717) is 27.8 Å². The Bertz CT molecular complexity index is 1010. The van der Waals surface area contributed by atoms with Crippen LogP contribution in [0.3, 0.4) is 0 Å². The lowest BCUT2D eigenvalue weighted by Crippen LogP contribution is -1.97. The van der Waals surface area contributed by atoms with Crippen molar-refractivity contribution in [3.63, 3.8) is 0 Å². The minimum Gasteiger partial charge on any atom is -0.206 e. The van der Waals surface area contributed by atoms with Gasteiger partial charge < -0.3 is 0 Å². The van der Waals surface area contributed by atoms with Crippen LogP contribution in [-0.4, -0.2) is 0 Å². The molecule has 1 heterocycles. The van der Waals surface area contributed by atoms with E-state index >= 15 is 4.39 Å². The number of halogens is 2. The van der Waals surface area contributed by atoms with Crippen molar-refractivity contribution in [3.05, 3.63) is 69.6 Å². The van der Waals surface area contributed by atoms with Gasteiger partial charge in [0.1, 0.15) is 11.6 Å². The van der Waals surface area contributed by atoms with Crippen LogP contribution in [0, 0.1) is 25.5 Å². The highest BCUT2D eigenvalue weighted by molar-refractivity contribution is 7.15. The van der Waals surface area contributed by atoms with Crippen molar-refractivity contribution in [1.82, 2.24) is 0 Å². The van der Waals surface area contributed by atoms with Crippen LogP contribution in [0.25, 0.3) is 21.6 Å². The van der Waals surface area contributed by atoms with E-state index in [0.717, 1.165) is 10.4 Å². The molecule has 1 fully saturated rings. The molecule has 27 heavy (non-hydrogen) atoms. The van der Waals surface area contributed by atoms with Crippen LogP contribution >= 0.6 is 11.3 Å². The summed E-state index contributed by atoms with van der Waals surface area (Å²) >= 11 is 1.47. The first-order valence-corrected chi connectivity index (χ1v) is 10.4. The van der Waals surface area contributed by atoms with Gasteiger partial charge in [0, 0.05) is 9.75 Å². The van der Waals surface area contributed by atoms with Crippen LogP contribution in [0.1, 0.15) is 60.1 Å². The monoisotopic (exact) mass is 382 g/mol. The first kappa shape index (κ1) is 18.4. The lowest BCUT2D eigenvalue weighted by molar-refractivity contribution is 0.585. The second kappa shape index (κ2) is 6.87. The molecule has 1 aliphatic carbocycles. The molecule has 3 aromatic rings. The third-order valence-electron chi connectivity index (χ3n) is 5.50. The number of rotatable bonds is 4. The fourth-order valence-electron chi connectivity index (χ4n) is 3.74. The van der Waals surface area contributed by atoms with Crippen LogP contribution in [0.15, 0.2) is 36.4 Å². The van der Waals surface area contributed by atoms with Crippen molar-refractivity contribution in [3.8, 4) is 21.6 Å². The molecule has 0 unspecified atom stereocenters. The minimum atomic E-state index is -0.492. The lowest BCUT2D eigenvalue weighted by Gasteiger charge is -2.14. The molecule has 0 nitrogen and oxygen atoms in total. The van der Waals surface area contributed by atoms with Gasteiger partial charge in [0.15, 0.2) is 0 Å². The van der Waals surface area contributed by atoms with Crippen molar-refractivity contribution in [2.24, 2.45) is 0 Å². The van der Waals surface area contributed by atoms with Crippen molar-refractivity contribution in [2.75, 3.05) is 0 Å². The zero-order chi connectivity index (χ0) is 19.3. The average molecular weight is 383 g/mol. The summed E-state index contributed by atoms with van der Waals surface area (Å²) in [6.07, 6.45) is 2.49. The third-order valence-corrected chi connectivity index (χ3v) is 6.91. The Balaban J connectivity index is 1.78. The summed E-state index contributed by atoms with van der Waals surface area (Å²) in [5.74, 6) is 0.0773. The van der Waals surface area contributed by atoms with Crippen LogP contribution in [0.4, 0.5) is 8.78 Å². The van der Waals surface area contributed by atoms with Crippen LogP contribution in [-0.2, 0) is 0 Å². The van der Waals surface area contributed by atoms with Gasteiger partial charge in [-0.2, -0.15) is 0 Å². The van der Waals surface area contributed by atoms with Gasteiger partial charge in [0.05, 0.1) is 5.56 Å². The molecule has 2 aromatic carbocycles. The number of hydrogen-bond donors (Lipinski definition) is 0. The Hall–Kier alpha value is -2.00. The smallest absolute Gasteiger partial charge is 0.138 e. The van der Waals surface area contributed by atoms with Crippen molar-refractivity contribution in [1.29, 1.82) is 0 Å². The first-order valence-electron chi connectivity index (χ1n) is 9.56. The highest BCUT2D eigenvalue weighted by atomic mass is 32.1. The fourth-order valence-corrected chi connectivity index (χ4v) is 4.79. The molecule has 0 radical (unpaired) electrons. The molecular formula is C24H24F2S. The van der Waals surface area contributed by atoms with Crippen LogP contribution in [0.5, 0.6) is 0 Å². The molecule has 0 aliphatic heterocycles. The molecule has 4 rings (SSSR count). The van der Waals surface area contributed by atoms with E-state index < -0.39 is 11.6 Å². The molecule has 3 heteroatoms. The van der Waals surface area contributed by atoms with E-state index in [1.165, 1.54) is 41.4 Å². The van der Waals surface area contributed by atoms with Crippen molar-refractivity contribution < 1.29 is 8.78 Å². The third kappa shape index (κ3) is 3.34. The first-order chi connectivity index (χ1) is 12.9. The lowest BCUT2D eigenvalue weighted by atomic mass is 9.93. The summed E-state index contributed by atoms with van der Waals surface area (Å²) in [5, 5.41) is 0. The number of hydrogen-bond acceptors (Lipinski definition) is 1. The topological polar surface area (TPSA) is 0 Å². The van der Waals surface area contributed by atoms with Gasteiger partial charge in [-0.15, -0.1) is 11.3 Å². The molecule has 0 bridgehead atoms. The van der Waals surface area contributed by atoms with E-state index in [4.69, 9.17) is 0 Å². The Morgan fingerprint density at radius 2 is 1.74 bits per heavy atom. The van der Waals surface area contributed by atoms with Gasteiger partial charge in [-0.25, -0.2) is 8.78 Å². The molecule has 1 aromatic heterocycles. The predicted molar refractivity (Wildman–Crippen MR) is 111 cm³/mol. The second-order valence-electron chi connectivity index (χ2n) is 7.92. The van der Waals surface area contributed by atoms with Crippen LogP contribution < -0.4 is 0 Å². The maximum absolute atomic E-state index is 15.2. The summed E-state index contributed by atoms with van der Waals surface area (Å²) in [6.45, 7) is 8.01. The highest BCUT2D eigenvalue weighted by Gasteiger charge is 2.25. The van der Waals surface area contributed by atoms with Gasteiger partial charge in [-0.05, 0) is 84.5 Å². The van der Waals surface area contributed by atoms with Crippen molar-refractivity contribution in [2.45, 2.75) is 52.4 Å². The standard InChI is InChI=1S/C24H24F2S/c1-13(2)21-9-10-22(27-21)23-20(25)12-19(15(4)24(23)26)17-7-8-18(14(3)11-17)16-5-6-16/h7-13,16H,5-6H2,1-4H3. The SMILES string of the molecule is Cc1cc(-c2cc(F)c(-c3ccc(C(C)C)s3)c(F)c2C)ccc1C1CC1. The predicted octanol–water partition coefficient (Wildman–Crippen LogP) is 7.98. The normalized spacial score (nSPS) is 14.2.